The van der Waals surface area contributed by atoms with E-state index < -0.39 is 12.1 Å². The number of aliphatic hydroxyl groups excluding tert-OH is 1. The van der Waals surface area contributed by atoms with Gasteiger partial charge in [-0.3, -0.25) is 14.4 Å². The van der Waals surface area contributed by atoms with Crippen LogP contribution >= 0.6 is 0 Å². The molecule has 6 rings (SSSR count). The highest BCUT2D eigenvalue weighted by Crippen LogP contribution is 2.35. The Morgan fingerprint density at radius 3 is 2.50 bits per heavy atom. The van der Waals surface area contributed by atoms with Gasteiger partial charge in [-0.2, -0.15) is 0 Å². The average molecular weight is 561 g/mol. The van der Waals surface area contributed by atoms with Gasteiger partial charge in [-0.15, -0.1) is 0 Å². The van der Waals surface area contributed by atoms with Crippen molar-refractivity contribution in [2.45, 2.75) is 45.4 Å². The normalized spacial score (nSPS) is 18.8. The van der Waals surface area contributed by atoms with Crippen molar-refractivity contribution >= 4 is 35.1 Å². The smallest absolute Gasteiger partial charge is 0.256 e. The van der Waals surface area contributed by atoms with E-state index in [1.807, 2.05) is 75.4 Å². The maximum atomic E-state index is 13.4. The third-order valence-corrected chi connectivity index (χ3v) is 8.22. The minimum absolute atomic E-state index is 0.185. The highest BCUT2D eigenvalue weighted by molar-refractivity contribution is 6.35. The first-order valence-electron chi connectivity index (χ1n) is 14.0. The van der Waals surface area contributed by atoms with Crippen molar-refractivity contribution in [3.05, 3.63) is 123 Å². The summed E-state index contributed by atoms with van der Waals surface area (Å²) in [5.41, 5.74) is 7.37. The lowest BCUT2D eigenvalue weighted by Gasteiger charge is -2.17. The van der Waals surface area contributed by atoms with Crippen molar-refractivity contribution in [1.82, 2.24) is 15.6 Å². The molecule has 42 heavy (non-hydrogen) atoms. The van der Waals surface area contributed by atoms with Gasteiger partial charge in [-0.1, -0.05) is 54.6 Å². The third kappa shape index (κ3) is 4.90. The fraction of sp³-hybridized carbons (Fsp3) is 0.206. The van der Waals surface area contributed by atoms with E-state index >= 15 is 0 Å². The van der Waals surface area contributed by atoms with Crippen LogP contribution in [0.15, 0.2) is 72.8 Å². The molecular weight excluding hydrogens is 528 g/mol. The molecule has 212 valence electrons. The van der Waals surface area contributed by atoms with E-state index in [0.29, 0.717) is 51.3 Å². The summed E-state index contributed by atoms with van der Waals surface area (Å²) >= 11 is 0. The molecule has 0 unspecified atom stereocenters. The molecule has 8 nitrogen and oxygen atoms in total. The van der Waals surface area contributed by atoms with Crippen molar-refractivity contribution < 1.29 is 19.5 Å². The number of carbonyl (C=O) groups is 3. The largest absolute Gasteiger partial charge is 0.386 e. The molecule has 0 saturated carbocycles. The molecule has 0 radical (unpaired) electrons. The summed E-state index contributed by atoms with van der Waals surface area (Å²) in [5, 5.41) is 19.6. The third-order valence-electron chi connectivity index (χ3n) is 8.22. The number of fused-ring (bicyclic) bond motifs is 2. The SMILES string of the molecule is Cc1[nH]c(/C=C2\C(=O)Nc3ccc(C(=O)N[C@H](C)c4ccccc4)cc32)c(C)c1C(=O)N[C@H]1Cc2ccccc2[C@H]1O. The highest BCUT2D eigenvalue weighted by atomic mass is 16.3. The molecular formula is C34H32N4O4. The number of nitrogens with one attached hydrogen (secondary N) is 4. The first kappa shape index (κ1) is 27.2. The molecule has 0 bridgehead atoms. The van der Waals surface area contributed by atoms with E-state index in [-0.39, 0.29) is 23.8 Å². The minimum Gasteiger partial charge on any atom is -0.386 e. The minimum atomic E-state index is -0.771. The van der Waals surface area contributed by atoms with Gasteiger partial charge < -0.3 is 26.0 Å². The molecule has 1 aliphatic carbocycles. The average Bonchev–Trinajstić information content (AvgIpc) is 3.58. The number of benzene rings is 3. The maximum absolute atomic E-state index is 13.4. The van der Waals surface area contributed by atoms with Crippen LogP contribution in [0, 0.1) is 13.8 Å². The number of hydrogen-bond donors (Lipinski definition) is 5. The summed E-state index contributed by atoms with van der Waals surface area (Å²) in [6.07, 6.45) is 1.50. The van der Waals surface area contributed by atoms with Gasteiger partial charge in [0.15, 0.2) is 0 Å². The Hall–Kier alpha value is -4.95. The molecule has 4 aromatic rings. The number of aliphatic hydroxyl groups is 1. The van der Waals surface area contributed by atoms with Gasteiger partial charge in [0.25, 0.3) is 17.7 Å². The Morgan fingerprint density at radius 1 is 1.00 bits per heavy atom. The van der Waals surface area contributed by atoms with E-state index in [9.17, 15) is 19.5 Å². The summed E-state index contributed by atoms with van der Waals surface area (Å²) in [7, 11) is 0. The van der Waals surface area contributed by atoms with Gasteiger partial charge in [0.2, 0.25) is 0 Å². The van der Waals surface area contributed by atoms with E-state index in [4.69, 9.17) is 0 Å². The zero-order valence-electron chi connectivity index (χ0n) is 23.6. The van der Waals surface area contributed by atoms with Crippen LogP contribution in [0.25, 0.3) is 11.6 Å². The molecule has 2 heterocycles. The number of H-pyrrole nitrogens is 1. The molecule has 0 saturated heterocycles. The van der Waals surface area contributed by atoms with Crippen LogP contribution in [0.3, 0.4) is 0 Å². The van der Waals surface area contributed by atoms with Crippen molar-refractivity contribution in [3.63, 3.8) is 0 Å². The van der Waals surface area contributed by atoms with Crippen LogP contribution in [0.5, 0.6) is 0 Å². The monoisotopic (exact) mass is 560 g/mol. The molecule has 3 atom stereocenters. The van der Waals surface area contributed by atoms with Gasteiger partial charge in [-0.25, -0.2) is 0 Å². The van der Waals surface area contributed by atoms with E-state index in [2.05, 4.69) is 20.9 Å². The predicted octanol–water partition coefficient (Wildman–Crippen LogP) is 5.00. The molecule has 2 aliphatic rings. The molecule has 1 aliphatic heterocycles. The van der Waals surface area contributed by atoms with E-state index in [1.54, 1.807) is 24.3 Å². The second-order valence-corrected chi connectivity index (χ2v) is 11.0. The second-order valence-electron chi connectivity index (χ2n) is 11.0. The Kier molecular flexibility index (Phi) is 7.00. The van der Waals surface area contributed by atoms with Crippen molar-refractivity contribution in [2.24, 2.45) is 0 Å². The molecule has 5 N–H and O–H groups in total. The van der Waals surface area contributed by atoms with Crippen LogP contribution in [-0.2, 0) is 11.2 Å². The van der Waals surface area contributed by atoms with E-state index in [0.717, 1.165) is 16.7 Å². The van der Waals surface area contributed by atoms with Crippen LogP contribution < -0.4 is 16.0 Å². The predicted molar refractivity (Wildman–Crippen MR) is 162 cm³/mol. The zero-order chi connectivity index (χ0) is 29.5. The fourth-order valence-corrected chi connectivity index (χ4v) is 5.93. The molecule has 3 aromatic carbocycles. The van der Waals surface area contributed by atoms with Crippen LogP contribution in [-0.4, -0.2) is 33.9 Å². The molecule has 3 amide bonds. The number of hydrogen-bond acceptors (Lipinski definition) is 4. The number of aromatic amines is 1. The number of aromatic nitrogens is 1. The number of rotatable bonds is 6. The maximum Gasteiger partial charge on any atom is 0.256 e. The summed E-state index contributed by atoms with van der Waals surface area (Å²) in [4.78, 5) is 42.7. The molecule has 8 heteroatoms. The summed E-state index contributed by atoms with van der Waals surface area (Å²) in [6.45, 7) is 5.56. The van der Waals surface area contributed by atoms with Crippen molar-refractivity contribution in [2.75, 3.05) is 5.32 Å². The second kappa shape index (κ2) is 10.8. The molecule has 1 aromatic heterocycles. The Balaban J connectivity index is 1.24. The van der Waals surface area contributed by atoms with Gasteiger partial charge in [0, 0.05) is 28.2 Å². The summed E-state index contributed by atoms with van der Waals surface area (Å²) in [6, 6.07) is 21.9. The van der Waals surface area contributed by atoms with Gasteiger partial charge in [-0.05, 0) is 73.7 Å². The standard InChI is InChI=1S/C34H32N4O4/c1-18-28(35-20(3)30(18)34(42)38-29-16-22-11-7-8-12-24(22)31(29)39)17-26-25-15-23(13-14-27(25)37-33(26)41)32(40)36-19(2)21-9-5-4-6-10-21/h4-15,17,19,29,31,35,39H,16H2,1-3H3,(H,36,40)(H,37,41)(H,38,42)/b26-17-/t19-,29+,31-/m1/s1. The van der Waals surface area contributed by atoms with Gasteiger partial charge in [0.1, 0.15) is 0 Å². The van der Waals surface area contributed by atoms with Gasteiger partial charge in [0.05, 0.1) is 29.3 Å². The fourth-order valence-electron chi connectivity index (χ4n) is 5.93. The number of anilines is 1. The van der Waals surface area contributed by atoms with E-state index in [1.165, 1.54) is 0 Å². The molecule has 0 spiro atoms. The first-order valence-corrected chi connectivity index (χ1v) is 14.0. The van der Waals surface area contributed by atoms with Crippen LogP contribution in [0.4, 0.5) is 5.69 Å². The number of carbonyl (C=O) groups excluding carboxylic acids is 3. The number of amides is 3. The lowest BCUT2D eigenvalue weighted by molar-refractivity contribution is -0.110. The van der Waals surface area contributed by atoms with Crippen molar-refractivity contribution in [3.8, 4) is 0 Å². The Morgan fingerprint density at radius 2 is 1.74 bits per heavy atom. The Bertz CT molecular complexity index is 1750. The van der Waals surface area contributed by atoms with Crippen LogP contribution in [0.2, 0.25) is 0 Å². The summed E-state index contributed by atoms with van der Waals surface area (Å²) < 4.78 is 0. The Labute approximate surface area is 243 Å². The molecule has 0 fully saturated rings. The first-order chi connectivity index (χ1) is 20.2. The van der Waals surface area contributed by atoms with Crippen LogP contribution in [0.1, 0.15) is 79.0 Å². The number of aryl methyl sites for hydroxylation is 1. The van der Waals surface area contributed by atoms with Gasteiger partial charge >= 0.3 is 0 Å². The summed E-state index contributed by atoms with van der Waals surface area (Å²) in [5.74, 6) is -0.815. The van der Waals surface area contributed by atoms with Crippen molar-refractivity contribution in [1.29, 1.82) is 0 Å². The zero-order valence-corrected chi connectivity index (χ0v) is 23.6. The lowest BCUT2D eigenvalue weighted by Crippen LogP contribution is -2.38. The quantitative estimate of drug-likeness (QED) is 0.213. The topological polar surface area (TPSA) is 123 Å². The highest BCUT2D eigenvalue weighted by Gasteiger charge is 2.33. The lowest BCUT2D eigenvalue weighted by atomic mass is 10.0.